The summed E-state index contributed by atoms with van der Waals surface area (Å²) in [5.74, 6) is 0. The molecule has 0 aromatic heterocycles. The zero-order chi connectivity index (χ0) is 15.4. The Kier molecular flexibility index (Phi) is 6.17. The van der Waals surface area contributed by atoms with E-state index in [-0.39, 0.29) is 16.5 Å². The van der Waals surface area contributed by atoms with Crippen LogP contribution < -0.4 is 15.9 Å². The molecular weight excluding hydrogens is 342 g/mol. The molecule has 0 nitrogen and oxygen atoms in total. The SMILES string of the molecule is CC(C)[P+](c1ccccc1)(c1ccccc1)c1ccccc1.[Ni]. The van der Waals surface area contributed by atoms with Crippen LogP contribution in [0.3, 0.4) is 0 Å². The van der Waals surface area contributed by atoms with E-state index in [1.54, 1.807) is 0 Å². The molecule has 0 heterocycles. The summed E-state index contributed by atoms with van der Waals surface area (Å²) in [6.45, 7) is 4.72. The topological polar surface area (TPSA) is 0 Å². The van der Waals surface area contributed by atoms with Crippen LogP contribution >= 0.6 is 7.26 Å². The number of benzene rings is 3. The van der Waals surface area contributed by atoms with Crippen molar-refractivity contribution in [1.82, 2.24) is 0 Å². The van der Waals surface area contributed by atoms with Crippen LogP contribution in [0.5, 0.6) is 0 Å². The van der Waals surface area contributed by atoms with Gasteiger partial charge in [-0.25, -0.2) is 0 Å². The Labute approximate surface area is 150 Å². The monoisotopic (exact) mass is 363 g/mol. The average molecular weight is 364 g/mol. The van der Waals surface area contributed by atoms with Gasteiger partial charge in [-0.15, -0.1) is 0 Å². The van der Waals surface area contributed by atoms with Gasteiger partial charge in [0.1, 0.15) is 23.2 Å². The molecule has 0 aliphatic heterocycles. The van der Waals surface area contributed by atoms with Crippen molar-refractivity contribution in [3.8, 4) is 0 Å². The Hall–Kier alpha value is -1.42. The Morgan fingerprint density at radius 2 is 0.783 bits per heavy atom. The van der Waals surface area contributed by atoms with Crippen molar-refractivity contribution in [3.63, 3.8) is 0 Å². The standard InChI is InChI=1S/C21H22P.Ni/c1-18(2)22(19-12-6-3-7-13-19,20-14-8-4-9-15-20)21-16-10-5-11-17-21;/h3-18H,1-2H3;/q+1;. The Balaban J connectivity index is 0.00000192. The summed E-state index contributed by atoms with van der Waals surface area (Å²) < 4.78 is 0. The van der Waals surface area contributed by atoms with Gasteiger partial charge in [0.2, 0.25) is 0 Å². The Morgan fingerprint density at radius 1 is 0.522 bits per heavy atom. The summed E-state index contributed by atoms with van der Waals surface area (Å²) in [6.07, 6.45) is 0. The molecule has 0 saturated heterocycles. The van der Waals surface area contributed by atoms with Gasteiger partial charge in [-0.2, -0.15) is 0 Å². The molecule has 0 spiro atoms. The van der Waals surface area contributed by atoms with Gasteiger partial charge in [0.05, 0.1) is 5.66 Å². The molecule has 3 aromatic carbocycles. The second-order valence-corrected chi connectivity index (χ2v) is 9.85. The third-order valence-electron chi connectivity index (χ3n) is 4.26. The molecule has 0 bridgehead atoms. The van der Waals surface area contributed by atoms with Crippen molar-refractivity contribution < 1.29 is 16.5 Å². The van der Waals surface area contributed by atoms with Crippen LogP contribution in [0.15, 0.2) is 91.0 Å². The van der Waals surface area contributed by atoms with E-state index in [1.165, 1.54) is 15.9 Å². The second kappa shape index (κ2) is 7.91. The summed E-state index contributed by atoms with van der Waals surface area (Å²) in [7, 11) is -1.63. The first-order valence-electron chi connectivity index (χ1n) is 7.82. The zero-order valence-electron chi connectivity index (χ0n) is 13.5. The molecule has 0 aliphatic rings. The summed E-state index contributed by atoms with van der Waals surface area (Å²) >= 11 is 0. The van der Waals surface area contributed by atoms with Gasteiger partial charge in [-0.1, -0.05) is 54.6 Å². The van der Waals surface area contributed by atoms with Crippen molar-refractivity contribution in [1.29, 1.82) is 0 Å². The minimum Gasteiger partial charge on any atom is -0.0620 e. The molecule has 0 aliphatic carbocycles. The van der Waals surface area contributed by atoms with E-state index in [0.29, 0.717) is 5.66 Å². The quantitative estimate of drug-likeness (QED) is 0.476. The molecule has 0 unspecified atom stereocenters. The van der Waals surface area contributed by atoms with Crippen LogP contribution in [0.25, 0.3) is 0 Å². The Morgan fingerprint density at radius 3 is 1.00 bits per heavy atom. The molecule has 3 aromatic rings. The fourth-order valence-corrected chi connectivity index (χ4v) is 7.94. The van der Waals surface area contributed by atoms with Crippen LogP contribution in [-0.4, -0.2) is 5.66 Å². The first-order valence-corrected chi connectivity index (χ1v) is 9.67. The van der Waals surface area contributed by atoms with Gasteiger partial charge >= 0.3 is 0 Å². The van der Waals surface area contributed by atoms with Crippen molar-refractivity contribution in [2.45, 2.75) is 19.5 Å². The van der Waals surface area contributed by atoms with Crippen molar-refractivity contribution >= 4 is 23.2 Å². The molecule has 0 saturated carbocycles. The van der Waals surface area contributed by atoms with E-state index < -0.39 is 7.26 Å². The molecule has 0 fully saturated rings. The summed E-state index contributed by atoms with van der Waals surface area (Å²) in [4.78, 5) is 0. The summed E-state index contributed by atoms with van der Waals surface area (Å²) in [5, 5.41) is 4.38. The van der Waals surface area contributed by atoms with E-state index in [4.69, 9.17) is 0 Å². The predicted octanol–water partition coefficient (Wildman–Crippen LogP) is 4.39. The third kappa shape index (κ3) is 3.28. The van der Waals surface area contributed by atoms with Crippen LogP contribution in [-0.2, 0) is 16.5 Å². The van der Waals surface area contributed by atoms with Gasteiger partial charge in [0, 0.05) is 16.5 Å². The molecule has 23 heavy (non-hydrogen) atoms. The number of hydrogen-bond acceptors (Lipinski definition) is 0. The first kappa shape index (κ1) is 17.9. The van der Waals surface area contributed by atoms with E-state index in [2.05, 4.69) is 105 Å². The number of rotatable bonds is 4. The maximum atomic E-state index is 2.36. The molecule has 120 valence electrons. The molecule has 3 rings (SSSR count). The number of hydrogen-bond donors (Lipinski definition) is 0. The molecule has 2 heteroatoms. The smallest absolute Gasteiger partial charge is 0.0620 e. The molecule has 0 radical (unpaired) electrons. The minimum atomic E-state index is -1.63. The van der Waals surface area contributed by atoms with Crippen LogP contribution in [0.2, 0.25) is 0 Å². The fourth-order valence-electron chi connectivity index (χ4n) is 3.33. The molecule has 0 amide bonds. The van der Waals surface area contributed by atoms with Crippen molar-refractivity contribution in [2.24, 2.45) is 0 Å². The fraction of sp³-hybridized carbons (Fsp3) is 0.143. The first-order chi connectivity index (χ1) is 10.8. The van der Waals surface area contributed by atoms with Gasteiger partial charge < -0.3 is 0 Å². The van der Waals surface area contributed by atoms with Gasteiger partial charge in [-0.05, 0) is 50.2 Å². The van der Waals surface area contributed by atoms with Gasteiger partial charge in [0.25, 0.3) is 0 Å². The minimum absolute atomic E-state index is 0. The molecule has 0 N–H and O–H groups in total. The predicted molar refractivity (Wildman–Crippen MR) is 100 cm³/mol. The van der Waals surface area contributed by atoms with E-state index in [0.717, 1.165) is 0 Å². The van der Waals surface area contributed by atoms with E-state index in [9.17, 15) is 0 Å². The van der Waals surface area contributed by atoms with Gasteiger partial charge in [0.15, 0.2) is 0 Å². The van der Waals surface area contributed by atoms with Crippen LogP contribution in [0.1, 0.15) is 13.8 Å². The Bertz CT molecular complexity index is 612. The largest absolute Gasteiger partial charge is 0.114 e. The zero-order valence-corrected chi connectivity index (χ0v) is 15.4. The second-order valence-electron chi connectivity index (χ2n) is 5.82. The summed E-state index contributed by atoms with van der Waals surface area (Å²) in [5.41, 5.74) is 0.555. The third-order valence-corrected chi connectivity index (χ3v) is 9.15. The maximum Gasteiger partial charge on any atom is 0.114 e. The molecular formula is C21H22NiP+. The maximum absolute atomic E-state index is 2.36. The van der Waals surface area contributed by atoms with Crippen LogP contribution in [0.4, 0.5) is 0 Å². The van der Waals surface area contributed by atoms with Gasteiger partial charge in [-0.3, -0.25) is 0 Å². The van der Waals surface area contributed by atoms with Crippen LogP contribution in [0, 0.1) is 0 Å². The molecule has 0 atom stereocenters. The normalized spacial score (nSPS) is 11.1. The van der Waals surface area contributed by atoms with Crippen molar-refractivity contribution in [2.75, 3.05) is 0 Å². The summed E-state index contributed by atoms with van der Waals surface area (Å²) in [6, 6.07) is 33.1. The van der Waals surface area contributed by atoms with Crippen molar-refractivity contribution in [3.05, 3.63) is 91.0 Å². The van der Waals surface area contributed by atoms with E-state index in [1.807, 2.05) is 0 Å². The van der Waals surface area contributed by atoms with E-state index >= 15 is 0 Å². The average Bonchev–Trinajstić information content (AvgIpc) is 2.58.